The van der Waals surface area contributed by atoms with Crippen LogP contribution in [0.1, 0.15) is 37.3 Å². The van der Waals surface area contributed by atoms with Crippen molar-refractivity contribution in [3.05, 3.63) is 59.7 Å². The minimum absolute atomic E-state index is 0.117. The second-order valence-electron chi connectivity index (χ2n) is 5.85. The van der Waals surface area contributed by atoms with Crippen molar-refractivity contribution in [3.63, 3.8) is 0 Å². The van der Waals surface area contributed by atoms with E-state index in [-0.39, 0.29) is 5.92 Å². The van der Waals surface area contributed by atoms with Gasteiger partial charge in [0.2, 0.25) is 0 Å². The van der Waals surface area contributed by atoms with E-state index < -0.39 is 7.12 Å². The molecule has 0 radical (unpaired) electrons. The van der Waals surface area contributed by atoms with E-state index in [2.05, 4.69) is 13.0 Å². The number of allylic oxidation sites excluding steroid dienone is 2. The van der Waals surface area contributed by atoms with Gasteiger partial charge in [-0.3, -0.25) is 0 Å². The van der Waals surface area contributed by atoms with Crippen LogP contribution < -0.4 is 14.9 Å². The highest BCUT2D eigenvalue weighted by molar-refractivity contribution is 6.58. The Kier molecular flexibility index (Phi) is 6.68. The van der Waals surface area contributed by atoms with Gasteiger partial charge >= 0.3 is 7.12 Å². The molecule has 0 fully saturated rings. The Bertz CT molecular complexity index is 723. The molecule has 0 bridgehead atoms. The lowest BCUT2D eigenvalue weighted by atomic mass is 9.76. The van der Waals surface area contributed by atoms with Gasteiger partial charge in [0.25, 0.3) is 0 Å². The maximum absolute atomic E-state index is 9.56. The van der Waals surface area contributed by atoms with E-state index in [0.717, 1.165) is 23.3 Å². The van der Waals surface area contributed by atoms with Gasteiger partial charge in [-0.1, -0.05) is 31.2 Å². The Morgan fingerprint density at radius 3 is 2.16 bits per heavy atom. The van der Waals surface area contributed by atoms with Gasteiger partial charge < -0.3 is 19.5 Å². The molecule has 1 unspecified atom stereocenters. The SMILES string of the molecule is C/C=C(/c1ccc(OC)cc1)C(CC)c1cc(OC)cc(B(O)O)c1. The molecule has 132 valence electrons. The first-order valence-electron chi connectivity index (χ1n) is 8.39. The quantitative estimate of drug-likeness (QED) is 0.761. The molecule has 2 aromatic rings. The van der Waals surface area contributed by atoms with Gasteiger partial charge in [-0.15, -0.1) is 0 Å². The van der Waals surface area contributed by atoms with E-state index in [1.165, 1.54) is 5.57 Å². The standard InChI is InChI=1S/C20H25BO4/c1-5-19(14-7-9-17(24-3)10-8-14)20(6-2)15-11-16(21(22)23)13-18(12-15)25-4/h5,7-13,20,22-23H,6H2,1-4H3/b19-5-. The fraction of sp³-hybridized carbons (Fsp3) is 0.300. The van der Waals surface area contributed by atoms with Gasteiger partial charge in [0.05, 0.1) is 14.2 Å². The Hall–Kier alpha value is -2.24. The number of rotatable bonds is 7. The van der Waals surface area contributed by atoms with E-state index in [9.17, 15) is 10.0 Å². The summed E-state index contributed by atoms with van der Waals surface area (Å²) in [4.78, 5) is 0. The maximum Gasteiger partial charge on any atom is 0.488 e. The van der Waals surface area contributed by atoms with Gasteiger partial charge in [-0.05, 0) is 59.8 Å². The molecule has 25 heavy (non-hydrogen) atoms. The molecule has 0 aliphatic carbocycles. The third-order valence-electron chi connectivity index (χ3n) is 4.41. The zero-order valence-corrected chi connectivity index (χ0v) is 15.2. The number of methoxy groups -OCH3 is 2. The Morgan fingerprint density at radius 2 is 1.68 bits per heavy atom. The van der Waals surface area contributed by atoms with E-state index >= 15 is 0 Å². The molecule has 2 rings (SSSR count). The molecule has 0 aromatic heterocycles. The van der Waals surface area contributed by atoms with Crippen LogP contribution in [0.15, 0.2) is 48.5 Å². The first kappa shape index (κ1) is 19.1. The lowest BCUT2D eigenvalue weighted by Crippen LogP contribution is -2.30. The van der Waals surface area contributed by atoms with Crippen LogP contribution in [-0.2, 0) is 0 Å². The van der Waals surface area contributed by atoms with E-state index in [1.807, 2.05) is 43.3 Å². The summed E-state index contributed by atoms with van der Waals surface area (Å²) in [6, 6.07) is 13.4. The molecule has 0 aliphatic heterocycles. The van der Waals surface area contributed by atoms with Gasteiger partial charge in [0.15, 0.2) is 0 Å². The van der Waals surface area contributed by atoms with Crippen molar-refractivity contribution in [3.8, 4) is 11.5 Å². The summed E-state index contributed by atoms with van der Waals surface area (Å²) in [5.74, 6) is 1.55. The lowest BCUT2D eigenvalue weighted by molar-refractivity contribution is 0.411. The minimum atomic E-state index is -1.53. The molecule has 0 aliphatic rings. The molecule has 2 N–H and O–H groups in total. The smallest absolute Gasteiger partial charge is 0.488 e. The first-order chi connectivity index (χ1) is 12.0. The highest BCUT2D eigenvalue weighted by atomic mass is 16.5. The van der Waals surface area contributed by atoms with Gasteiger partial charge in [0, 0.05) is 5.92 Å². The predicted octanol–water partition coefficient (Wildman–Crippen LogP) is 2.98. The van der Waals surface area contributed by atoms with Crippen molar-refractivity contribution in [1.29, 1.82) is 0 Å². The normalized spacial score (nSPS) is 12.6. The van der Waals surface area contributed by atoms with Gasteiger partial charge in [-0.25, -0.2) is 0 Å². The van der Waals surface area contributed by atoms with E-state index in [4.69, 9.17) is 9.47 Å². The topological polar surface area (TPSA) is 58.9 Å². The molecule has 0 saturated carbocycles. The molecule has 4 nitrogen and oxygen atoms in total. The summed E-state index contributed by atoms with van der Waals surface area (Å²) in [6.45, 7) is 4.14. The summed E-state index contributed by atoms with van der Waals surface area (Å²) >= 11 is 0. The van der Waals surface area contributed by atoms with Crippen molar-refractivity contribution in [2.24, 2.45) is 0 Å². The van der Waals surface area contributed by atoms with Crippen LogP contribution in [0.5, 0.6) is 11.5 Å². The average Bonchev–Trinajstić information content (AvgIpc) is 2.65. The fourth-order valence-corrected chi connectivity index (χ4v) is 3.10. The number of ether oxygens (including phenoxy) is 2. The molecule has 0 amide bonds. The average molecular weight is 340 g/mol. The largest absolute Gasteiger partial charge is 0.497 e. The lowest BCUT2D eigenvalue weighted by Gasteiger charge is -2.22. The van der Waals surface area contributed by atoms with E-state index in [1.54, 1.807) is 20.3 Å². The monoisotopic (exact) mass is 340 g/mol. The second kappa shape index (κ2) is 8.74. The summed E-state index contributed by atoms with van der Waals surface area (Å²) in [5.41, 5.74) is 3.72. The predicted molar refractivity (Wildman–Crippen MR) is 102 cm³/mol. The highest BCUT2D eigenvalue weighted by Gasteiger charge is 2.20. The molecular formula is C20H25BO4. The van der Waals surface area contributed by atoms with Crippen molar-refractivity contribution >= 4 is 18.2 Å². The van der Waals surface area contributed by atoms with Crippen LogP contribution in [0.3, 0.4) is 0 Å². The Labute approximate surface area is 149 Å². The summed E-state index contributed by atoms with van der Waals surface area (Å²) in [6.07, 6.45) is 2.98. The molecule has 2 aromatic carbocycles. The zero-order chi connectivity index (χ0) is 18.4. The number of hydrogen-bond donors (Lipinski definition) is 2. The Balaban J connectivity index is 2.47. The maximum atomic E-state index is 9.56. The van der Waals surface area contributed by atoms with Crippen molar-refractivity contribution in [2.75, 3.05) is 14.2 Å². The van der Waals surface area contributed by atoms with E-state index in [0.29, 0.717) is 11.2 Å². The van der Waals surface area contributed by atoms with Crippen LogP contribution in [0.2, 0.25) is 0 Å². The van der Waals surface area contributed by atoms with Crippen LogP contribution in [0.4, 0.5) is 0 Å². The molecule has 1 atom stereocenters. The van der Waals surface area contributed by atoms with Crippen LogP contribution in [0.25, 0.3) is 5.57 Å². The minimum Gasteiger partial charge on any atom is -0.497 e. The Morgan fingerprint density at radius 1 is 1.04 bits per heavy atom. The second-order valence-corrected chi connectivity index (χ2v) is 5.85. The van der Waals surface area contributed by atoms with Gasteiger partial charge in [-0.2, -0.15) is 0 Å². The first-order valence-corrected chi connectivity index (χ1v) is 8.39. The zero-order valence-electron chi connectivity index (χ0n) is 15.2. The summed E-state index contributed by atoms with van der Waals surface area (Å²) < 4.78 is 10.6. The molecule has 0 saturated heterocycles. The molecular weight excluding hydrogens is 315 g/mol. The van der Waals surface area contributed by atoms with Crippen molar-refractivity contribution in [1.82, 2.24) is 0 Å². The third-order valence-corrected chi connectivity index (χ3v) is 4.41. The third kappa shape index (κ3) is 4.44. The molecule has 0 spiro atoms. The van der Waals surface area contributed by atoms with Crippen molar-refractivity contribution < 1.29 is 19.5 Å². The van der Waals surface area contributed by atoms with Gasteiger partial charge in [0.1, 0.15) is 11.5 Å². The summed E-state index contributed by atoms with van der Waals surface area (Å²) in [7, 11) is 1.70. The van der Waals surface area contributed by atoms with Crippen molar-refractivity contribution in [2.45, 2.75) is 26.2 Å². The molecule has 5 heteroatoms. The number of hydrogen-bond acceptors (Lipinski definition) is 4. The van der Waals surface area contributed by atoms with Crippen LogP contribution in [-0.4, -0.2) is 31.4 Å². The highest BCUT2D eigenvalue weighted by Crippen LogP contribution is 2.36. The number of benzene rings is 2. The summed E-state index contributed by atoms with van der Waals surface area (Å²) in [5, 5.41) is 19.1. The fourth-order valence-electron chi connectivity index (χ4n) is 3.10. The van der Waals surface area contributed by atoms with Crippen LogP contribution in [0, 0.1) is 0 Å². The molecule has 0 heterocycles. The van der Waals surface area contributed by atoms with Crippen LogP contribution >= 0.6 is 0 Å².